The summed E-state index contributed by atoms with van der Waals surface area (Å²) in [6.07, 6.45) is 1.93. The Morgan fingerprint density at radius 3 is 2.66 bits per heavy atom. The van der Waals surface area contributed by atoms with E-state index in [1.165, 1.54) is 11.3 Å². The van der Waals surface area contributed by atoms with E-state index in [1.54, 1.807) is 47.6 Å². The molecular formula is C24H19N3O4S. The van der Waals surface area contributed by atoms with E-state index in [1.807, 2.05) is 25.1 Å². The van der Waals surface area contributed by atoms with Crippen LogP contribution in [0.1, 0.15) is 34.5 Å². The second kappa shape index (κ2) is 8.05. The van der Waals surface area contributed by atoms with Crippen LogP contribution in [0.2, 0.25) is 0 Å². The largest absolute Gasteiger partial charge is 0.467 e. The van der Waals surface area contributed by atoms with Crippen molar-refractivity contribution < 1.29 is 18.8 Å². The van der Waals surface area contributed by atoms with Crippen molar-refractivity contribution in [1.29, 1.82) is 0 Å². The van der Waals surface area contributed by atoms with Gasteiger partial charge in [-0.05, 0) is 55.0 Å². The Hall–Kier alpha value is -3.78. The predicted octanol–water partition coefficient (Wildman–Crippen LogP) is 4.70. The van der Waals surface area contributed by atoms with Gasteiger partial charge in [-0.2, -0.15) is 0 Å². The number of amides is 3. The SMILES string of the molecule is Cc1ccc2nc(N(Cc3ccco3)C(=O)c3cccc(N4C(=O)CCC4=O)c3)sc2c1. The van der Waals surface area contributed by atoms with E-state index in [4.69, 9.17) is 4.42 Å². The van der Waals surface area contributed by atoms with Crippen molar-refractivity contribution in [1.82, 2.24) is 4.98 Å². The van der Waals surface area contributed by atoms with Crippen molar-refractivity contribution in [2.75, 3.05) is 9.80 Å². The standard InChI is InChI=1S/C24H19N3O4S/c1-15-7-8-19-20(12-15)32-24(25-19)26(14-18-6-3-11-31-18)23(30)16-4-2-5-17(13-16)27-21(28)9-10-22(27)29/h2-8,11-13H,9-10,14H2,1H3. The third-order valence-corrected chi connectivity index (χ3v) is 6.35. The van der Waals surface area contributed by atoms with Crippen molar-refractivity contribution in [3.8, 4) is 0 Å². The van der Waals surface area contributed by atoms with Crippen LogP contribution >= 0.6 is 11.3 Å². The summed E-state index contributed by atoms with van der Waals surface area (Å²) in [5.74, 6) is -0.185. The predicted molar refractivity (Wildman–Crippen MR) is 122 cm³/mol. The Bertz CT molecular complexity index is 1330. The zero-order chi connectivity index (χ0) is 22.2. The van der Waals surface area contributed by atoms with Crippen LogP contribution in [0.4, 0.5) is 10.8 Å². The molecule has 0 radical (unpaired) electrons. The number of nitrogens with zero attached hydrogens (tertiary/aromatic N) is 3. The Balaban J connectivity index is 1.54. The van der Waals surface area contributed by atoms with Crippen molar-refractivity contribution >= 4 is 50.1 Å². The highest BCUT2D eigenvalue weighted by Crippen LogP contribution is 2.32. The molecule has 1 aliphatic rings. The molecule has 3 heterocycles. The number of carbonyl (C=O) groups excluding carboxylic acids is 3. The maximum Gasteiger partial charge on any atom is 0.260 e. The lowest BCUT2D eigenvalue weighted by Gasteiger charge is -2.20. The zero-order valence-corrected chi connectivity index (χ0v) is 18.1. The summed E-state index contributed by atoms with van der Waals surface area (Å²) in [6.45, 7) is 2.22. The highest BCUT2D eigenvalue weighted by atomic mass is 32.1. The molecule has 8 heteroatoms. The van der Waals surface area contributed by atoms with E-state index < -0.39 is 0 Å². The molecule has 0 unspecified atom stereocenters. The molecule has 0 N–H and O–H groups in total. The maximum atomic E-state index is 13.6. The van der Waals surface area contributed by atoms with E-state index >= 15 is 0 Å². The summed E-state index contributed by atoms with van der Waals surface area (Å²) in [7, 11) is 0. The van der Waals surface area contributed by atoms with Crippen LogP contribution in [0.5, 0.6) is 0 Å². The summed E-state index contributed by atoms with van der Waals surface area (Å²) in [6, 6.07) is 16.1. The third kappa shape index (κ3) is 3.69. The van der Waals surface area contributed by atoms with Crippen LogP contribution in [0.25, 0.3) is 10.2 Å². The van der Waals surface area contributed by atoms with Crippen molar-refractivity contribution in [2.24, 2.45) is 0 Å². The van der Waals surface area contributed by atoms with Gasteiger partial charge in [0.2, 0.25) is 11.8 Å². The molecule has 1 saturated heterocycles. The second-order valence-electron chi connectivity index (χ2n) is 7.61. The molecule has 2 aromatic heterocycles. The molecule has 0 saturated carbocycles. The lowest BCUT2D eigenvalue weighted by molar-refractivity contribution is -0.121. The Kier molecular flexibility index (Phi) is 5.07. The van der Waals surface area contributed by atoms with E-state index in [-0.39, 0.29) is 37.1 Å². The molecule has 2 aromatic carbocycles. The lowest BCUT2D eigenvalue weighted by atomic mass is 10.1. The van der Waals surface area contributed by atoms with Gasteiger partial charge in [0.15, 0.2) is 5.13 Å². The number of anilines is 2. The molecule has 0 aliphatic carbocycles. The monoisotopic (exact) mass is 445 g/mol. The Morgan fingerprint density at radius 2 is 1.91 bits per heavy atom. The lowest BCUT2D eigenvalue weighted by Crippen LogP contribution is -2.31. The summed E-state index contributed by atoms with van der Waals surface area (Å²) in [4.78, 5) is 45.3. The first-order valence-electron chi connectivity index (χ1n) is 10.2. The number of fused-ring (bicyclic) bond motifs is 1. The summed E-state index contributed by atoms with van der Waals surface area (Å²) in [5.41, 5.74) is 2.69. The van der Waals surface area contributed by atoms with E-state index in [0.29, 0.717) is 22.1 Å². The fourth-order valence-electron chi connectivity index (χ4n) is 3.72. The highest BCUT2D eigenvalue weighted by Gasteiger charge is 2.31. The minimum absolute atomic E-state index is 0.187. The fourth-order valence-corrected chi connectivity index (χ4v) is 4.78. The quantitative estimate of drug-likeness (QED) is 0.416. The van der Waals surface area contributed by atoms with Gasteiger partial charge in [-0.15, -0.1) is 0 Å². The van der Waals surface area contributed by atoms with Crippen molar-refractivity contribution in [3.63, 3.8) is 0 Å². The number of hydrogen-bond donors (Lipinski definition) is 0. The normalized spacial score (nSPS) is 13.8. The molecule has 3 amide bonds. The zero-order valence-electron chi connectivity index (χ0n) is 17.3. The first-order chi connectivity index (χ1) is 15.5. The third-order valence-electron chi connectivity index (χ3n) is 5.31. The summed E-state index contributed by atoms with van der Waals surface area (Å²) in [5, 5.41) is 0.547. The van der Waals surface area contributed by atoms with Gasteiger partial charge in [-0.25, -0.2) is 4.98 Å². The van der Waals surface area contributed by atoms with Crippen molar-refractivity contribution in [3.05, 3.63) is 77.7 Å². The summed E-state index contributed by atoms with van der Waals surface area (Å²) < 4.78 is 6.47. The van der Waals surface area contributed by atoms with Gasteiger partial charge in [0.1, 0.15) is 5.76 Å². The molecule has 0 bridgehead atoms. The average molecular weight is 446 g/mol. The molecular weight excluding hydrogens is 426 g/mol. The molecule has 0 spiro atoms. The Morgan fingerprint density at radius 1 is 1.09 bits per heavy atom. The topological polar surface area (TPSA) is 83.7 Å². The molecule has 32 heavy (non-hydrogen) atoms. The van der Waals surface area contributed by atoms with Crippen LogP contribution in [0.3, 0.4) is 0 Å². The van der Waals surface area contributed by atoms with Crippen LogP contribution in [0, 0.1) is 6.92 Å². The average Bonchev–Trinajstić information content (AvgIpc) is 3.52. The molecule has 7 nitrogen and oxygen atoms in total. The van der Waals surface area contributed by atoms with Crippen LogP contribution in [-0.4, -0.2) is 22.7 Å². The minimum atomic E-state index is -0.293. The van der Waals surface area contributed by atoms with Gasteiger partial charge in [-0.1, -0.05) is 23.5 Å². The maximum absolute atomic E-state index is 13.6. The smallest absolute Gasteiger partial charge is 0.260 e. The summed E-state index contributed by atoms with van der Waals surface area (Å²) >= 11 is 1.43. The van der Waals surface area contributed by atoms with Gasteiger partial charge in [0.05, 0.1) is 28.7 Å². The molecule has 0 atom stereocenters. The van der Waals surface area contributed by atoms with Gasteiger partial charge < -0.3 is 4.42 Å². The molecule has 1 aliphatic heterocycles. The number of carbonyl (C=O) groups is 3. The highest BCUT2D eigenvalue weighted by molar-refractivity contribution is 7.22. The second-order valence-corrected chi connectivity index (χ2v) is 8.62. The number of aryl methyl sites for hydroxylation is 1. The van der Waals surface area contributed by atoms with Crippen LogP contribution in [-0.2, 0) is 16.1 Å². The van der Waals surface area contributed by atoms with Crippen LogP contribution in [0.15, 0.2) is 65.3 Å². The molecule has 1 fully saturated rings. The Labute approximate surface area is 187 Å². The van der Waals surface area contributed by atoms with E-state index in [0.717, 1.165) is 20.7 Å². The number of furan rings is 1. The van der Waals surface area contributed by atoms with Gasteiger partial charge in [0.25, 0.3) is 5.91 Å². The van der Waals surface area contributed by atoms with Gasteiger partial charge >= 0.3 is 0 Å². The fraction of sp³-hybridized carbons (Fsp3) is 0.167. The number of aromatic nitrogens is 1. The molecule has 4 aromatic rings. The number of thiazole rings is 1. The van der Waals surface area contributed by atoms with E-state index in [2.05, 4.69) is 4.98 Å². The first-order valence-corrected chi connectivity index (χ1v) is 11.0. The first kappa shape index (κ1) is 20.1. The molecule has 5 rings (SSSR count). The number of benzene rings is 2. The van der Waals surface area contributed by atoms with Crippen LogP contribution < -0.4 is 9.80 Å². The van der Waals surface area contributed by atoms with E-state index in [9.17, 15) is 14.4 Å². The number of imide groups is 1. The van der Waals surface area contributed by atoms with Gasteiger partial charge in [-0.3, -0.25) is 24.2 Å². The molecule has 160 valence electrons. The number of rotatable bonds is 5. The number of hydrogen-bond acceptors (Lipinski definition) is 6. The minimum Gasteiger partial charge on any atom is -0.467 e. The van der Waals surface area contributed by atoms with Gasteiger partial charge in [0, 0.05) is 18.4 Å². The van der Waals surface area contributed by atoms with Crippen molar-refractivity contribution in [2.45, 2.75) is 26.3 Å².